The van der Waals surface area contributed by atoms with Crippen molar-refractivity contribution in [2.24, 2.45) is 7.05 Å². The fourth-order valence-electron chi connectivity index (χ4n) is 2.19. The number of aromatic nitrogens is 2. The average molecular weight is 287 g/mol. The van der Waals surface area contributed by atoms with Crippen molar-refractivity contribution in [2.75, 3.05) is 26.2 Å². The largest absolute Gasteiger partial charge is 0.314 e. The Bertz CT molecular complexity index is 533. The predicted octanol–water partition coefficient (Wildman–Crippen LogP) is -0.471. The minimum atomic E-state index is -3.43. The third kappa shape index (κ3) is 3.14. The van der Waals surface area contributed by atoms with Gasteiger partial charge in [-0.2, -0.15) is 22.5 Å². The molecule has 2 rings (SSSR count). The molecule has 2 N–H and O–H groups in total. The molecule has 1 aliphatic rings. The summed E-state index contributed by atoms with van der Waals surface area (Å²) >= 11 is 0. The molecule has 0 bridgehead atoms. The number of aryl methyl sites for hydroxylation is 1. The van der Waals surface area contributed by atoms with E-state index >= 15 is 0 Å². The van der Waals surface area contributed by atoms with Crippen molar-refractivity contribution in [1.82, 2.24) is 24.1 Å². The molecule has 0 spiro atoms. The molecule has 1 fully saturated rings. The molecule has 2 heterocycles. The summed E-state index contributed by atoms with van der Waals surface area (Å²) < 4.78 is 30.4. The SMILES string of the molecule is Cc1c(C(C)NS(=O)(=O)N2CCNCC2)cnn1C. The summed E-state index contributed by atoms with van der Waals surface area (Å²) in [6.07, 6.45) is 1.71. The zero-order chi connectivity index (χ0) is 14.0. The van der Waals surface area contributed by atoms with E-state index in [2.05, 4.69) is 15.1 Å². The lowest BCUT2D eigenvalue weighted by molar-refractivity contribution is 0.352. The summed E-state index contributed by atoms with van der Waals surface area (Å²) in [6.45, 7) is 6.17. The molecule has 1 saturated heterocycles. The van der Waals surface area contributed by atoms with Crippen molar-refractivity contribution in [3.8, 4) is 0 Å². The van der Waals surface area contributed by atoms with E-state index in [4.69, 9.17) is 0 Å². The van der Waals surface area contributed by atoms with E-state index in [1.165, 1.54) is 4.31 Å². The van der Waals surface area contributed by atoms with Gasteiger partial charge in [-0.1, -0.05) is 0 Å². The molecule has 1 aromatic heterocycles. The Morgan fingerprint density at radius 3 is 2.58 bits per heavy atom. The van der Waals surface area contributed by atoms with Crippen LogP contribution in [0.25, 0.3) is 0 Å². The Morgan fingerprint density at radius 1 is 1.42 bits per heavy atom. The van der Waals surface area contributed by atoms with Crippen molar-refractivity contribution in [3.05, 3.63) is 17.5 Å². The molecule has 0 aliphatic carbocycles. The van der Waals surface area contributed by atoms with Crippen LogP contribution in [-0.2, 0) is 17.3 Å². The van der Waals surface area contributed by atoms with Crippen LogP contribution < -0.4 is 10.0 Å². The molecule has 19 heavy (non-hydrogen) atoms. The zero-order valence-electron chi connectivity index (χ0n) is 11.5. The molecule has 108 valence electrons. The van der Waals surface area contributed by atoms with Crippen LogP contribution in [0, 0.1) is 6.92 Å². The van der Waals surface area contributed by atoms with Gasteiger partial charge in [0.2, 0.25) is 0 Å². The number of piperazine rings is 1. The van der Waals surface area contributed by atoms with E-state index in [9.17, 15) is 8.42 Å². The van der Waals surface area contributed by atoms with Gasteiger partial charge < -0.3 is 5.32 Å². The van der Waals surface area contributed by atoms with Gasteiger partial charge in [-0.15, -0.1) is 0 Å². The second-order valence-corrected chi connectivity index (χ2v) is 6.50. The Hall–Kier alpha value is -0.960. The second-order valence-electron chi connectivity index (χ2n) is 4.80. The molecular formula is C11H21N5O2S. The Kier molecular flexibility index (Phi) is 4.24. The smallest absolute Gasteiger partial charge is 0.280 e. The lowest BCUT2D eigenvalue weighted by Gasteiger charge is -2.28. The van der Waals surface area contributed by atoms with Crippen LogP contribution >= 0.6 is 0 Å². The highest BCUT2D eigenvalue weighted by atomic mass is 32.2. The van der Waals surface area contributed by atoms with Crippen molar-refractivity contribution < 1.29 is 8.42 Å². The van der Waals surface area contributed by atoms with E-state index in [0.717, 1.165) is 11.3 Å². The summed E-state index contributed by atoms with van der Waals surface area (Å²) in [5, 5.41) is 7.28. The number of nitrogens with one attached hydrogen (secondary N) is 2. The van der Waals surface area contributed by atoms with E-state index in [1.54, 1.807) is 10.9 Å². The zero-order valence-corrected chi connectivity index (χ0v) is 12.4. The summed E-state index contributed by atoms with van der Waals surface area (Å²) in [4.78, 5) is 0. The summed E-state index contributed by atoms with van der Waals surface area (Å²) in [5.41, 5.74) is 1.87. The Balaban J connectivity index is 2.09. The predicted molar refractivity (Wildman–Crippen MR) is 72.9 cm³/mol. The van der Waals surface area contributed by atoms with Crippen molar-refractivity contribution >= 4 is 10.2 Å². The van der Waals surface area contributed by atoms with Crippen LogP contribution in [0.4, 0.5) is 0 Å². The van der Waals surface area contributed by atoms with Gasteiger partial charge in [-0.05, 0) is 13.8 Å². The number of hydrogen-bond acceptors (Lipinski definition) is 4. The number of nitrogens with zero attached hydrogens (tertiary/aromatic N) is 3. The van der Waals surface area contributed by atoms with E-state index in [1.807, 2.05) is 20.9 Å². The van der Waals surface area contributed by atoms with Crippen molar-refractivity contribution in [1.29, 1.82) is 0 Å². The molecule has 1 aromatic rings. The van der Waals surface area contributed by atoms with Gasteiger partial charge in [0.05, 0.1) is 6.20 Å². The second kappa shape index (κ2) is 5.58. The van der Waals surface area contributed by atoms with Gasteiger partial charge in [0.15, 0.2) is 0 Å². The quantitative estimate of drug-likeness (QED) is 0.784. The summed E-state index contributed by atoms with van der Waals surface area (Å²) in [6, 6.07) is -0.284. The normalized spacial score (nSPS) is 19.5. The highest BCUT2D eigenvalue weighted by molar-refractivity contribution is 7.87. The molecule has 1 atom stereocenters. The van der Waals surface area contributed by atoms with Gasteiger partial charge in [-0.25, -0.2) is 0 Å². The Labute approximate surface area is 114 Å². The Morgan fingerprint density at radius 2 is 2.05 bits per heavy atom. The number of hydrogen-bond donors (Lipinski definition) is 2. The van der Waals surface area contributed by atoms with E-state index in [0.29, 0.717) is 26.2 Å². The van der Waals surface area contributed by atoms with Crippen LogP contribution in [0.5, 0.6) is 0 Å². The fourth-order valence-corrected chi connectivity index (χ4v) is 3.57. The first-order valence-corrected chi connectivity index (χ1v) is 7.82. The molecule has 1 unspecified atom stereocenters. The van der Waals surface area contributed by atoms with Crippen LogP contribution in [0.1, 0.15) is 24.2 Å². The van der Waals surface area contributed by atoms with Crippen LogP contribution in [0.2, 0.25) is 0 Å². The lowest BCUT2D eigenvalue weighted by atomic mass is 10.1. The standard InChI is InChI=1S/C11H21N5O2S/c1-9(11-8-13-15(3)10(11)2)14-19(17,18)16-6-4-12-5-7-16/h8-9,12,14H,4-7H2,1-3H3. The van der Waals surface area contributed by atoms with Gasteiger partial charge in [0.25, 0.3) is 10.2 Å². The van der Waals surface area contributed by atoms with Gasteiger partial charge in [0.1, 0.15) is 0 Å². The first kappa shape index (κ1) is 14.4. The van der Waals surface area contributed by atoms with Crippen LogP contribution in [0.3, 0.4) is 0 Å². The van der Waals surface area contributed by atoms with Crippen LogP contribution in [-0.4, -0.2) is 48.7 Å². The fraction of sp³-hybridized carbons (Fsp3) is 0.727. The molecule has 1 aliphatic heterocycles. The molecule has 7 nitrogen and oxygen atoms in total. The topological polar surface area (TPSA) is 79.3 Å². The van der Waals surface area contributed by atoms with E-state index < -0.39 is 10.2 Å². The highest BCUT2D eigenvalue weighted by Gasteiger charge is 2.26. The first-order chi connectivity index (χ1) is 8.92. The first-order valence-electron chi connectivity index (χ1n) is 6.38. The highest BCUT2D eigenvalue weighted by Crippen LogP contribution is 2.17. The molecule has 8 heteroatoms. The van der Waals surface area contributed by atoms with Gasteiger partial charge in [0, 0.05) is 50.5 Å². The molecule has 0 radical (unpaired) electrons. The molecule has 0 aromatic carbocycles. The van der Waals surface area contributed by atoms with E-state index in [-0.39, 0.29) is 6.04 Å². The summed E-state index contributed by atoms with van der Waals surface area (Å²) in [7, 11) is -1.59. The van der Waals surface area contributed by atoms with Crippen molar-refractivity contribution in [3.63, 3.8) is 0 Å². The summed E-state index contributed by atoms with van der Waals surface area (Å²) in [5.74, 6) is 0. The average Bonchev–Trinajstić information content (AvgIpc) is 2.71. The lowest BCUT2D eigenvalue weighted by Crippen LogP contribution is -2.50. The maximum Gasteiger partial charge on any atom is 0.280 e. The maximum atomic E-state index is 12.2. The third-order valence-corrected chi connectivity index (χ3v) is 5.18. The molecule has 0 amide bonds. The molecule has 0 saturated carbocycles. The third-order valence-electron chi connectivity index (χ3n) is 3.48. The van der Waals surface area contributed by atoms with Gasteiger partial charge in [-0.3, -0.25) is 4.68 Å². The van der Waals surface area contributed by atoms with Crippen molar-refractivity contribution in [2.45, 2.75) is 19.9 Å². The minimum absolute atomic E-state index is 0.284. The maximum absolute atomic E-state index is 12.2. The van der Waals surface area contributed by atoms with Crippen LogP contribution in [0.15, 0.2) is 6.20 Å². The minimum Gasteiger partial charge on any atom is -0.314 e. The molecular weight excluding hydrogens is 266 g/mol. The van der Waals surface area contributed by atoms with Gasteiger partial charge >= 0.3 is 0 Å². The number of rotatable bonds is 4. The monoisotopic (exact) mass is 287 g/mol.